The number of fused-ring (bicyclic) bond motifs is 26. The first-order valence-electron chi connectivity index (χ1n) is 36.6. The Morgan fingerprint density at radius 1 is 0.114 bits per heavy atom. The Morgan fingerprint density at radius 3 is 0.886 bits per heavy atom. The van der Waals surface area contributed by atoms with Crippen LogP contribution in [0, 0.1) is 0 Å². The highest BCUT2D eigenvalue weighted by atomic mass is 14.3. The molecule has 0 spiro atoms. The van der Waals surface area contributed by atoms with Gasteiger partial charge in [0.15, 0.2) is 0 Å². The predicted octanol–water partition coefficient (Wildman–Crippen LogP) is 30.3. The van der Waals surface area contributed by atoms with E-state index >= 15 is 0 Å². The fraction of sp³-hybridized carbons (Fsp3) is 0.00952. The van der Waals surface area contributed by atoms with Crippen LogP contribution in [0.25, 0.3) is 272 Å². The number of hydrogen-bond donors (Lipinski definition) is 0. The van der Waals surface area contributed by atoms with Crippen LogP contribution >= 0.6 is 0 Å². The molecule has 2 aliphatic carbocycles. The van der Waals surface area contributed by atoms with Crippen molar-refractivity contribution in [1.82, 2.24) is 0 Å². The SMILES string of the molecule is C.c1ccc(-c2c3cc4ccccc4c4c5ccccc5c(c5c6ccc(-c7ccc8c9c(cccc79)-c7ccccc7-8)c7cccc(c25)c76)c34)cc1.c1ccc(-c2c3cc4ccccc4c4c5ccccc5c(c5c6ccc7c8ccc9c%10c(ccc(c%11ccc(c25)c6c%117)c%108)-c2ccccc2-9)c34)cc1. The van der Waals surface area contributed by atoms with Crippen molar-refractivity contribution in [3.63, 3.8) is 0 Å². The molecular weight excluding hydrogens is 1260 g/mol. The number of benzene rings is 21. The smallest absolute Gasteiger partial charge is 0.000696 e. The summed E-state index contributed by atoms with van der Waals surface area (Å²) < 4.78 is 0. The average molecular weight is 1320 g/mol. The van der Waals surface area contributed by atoms with Gasteiger partial charge >= 0.3 is 0 Å². The summed E-state index contributed by atoms with van der Waals surface area (Å²) in [5, 5.41) is 48.8. The number of rotatable bonds is 3. The van der Waals surface area contributed by atoms with Crippen molar-refractivity contribution in [2.24, 2.45) is 0 Å². The lowest BCUT2D eigenvalue weighted by atomic mass is 9.87. The van der Waals surface area contributed by atoms with Gasteiger partial charge in [0.1, 0.15) is 0 Å². The van der Waals surface area contributed by atoms with Gasteiger partial charge in [-0.25, -0.2) is 0 Å². The minimum Gasteiger partial charge on any atom is -0.0776 e. The fourth-order valence-corrected chi connectivity index (χ4v) is 21.3. The molecule has 478 valence electrons. The lowest BCUT2D eigenvalue weighted by Gasteiger charge is -2.16. The van der Waals surface area contributed by atoms with Crippen LogP contribution in [0.2, 0.25) is 0 Å². The molecule has 105 heavy (non-hydrogen) atoms. The van der Waals surface area contributed by atoms with Crippen molar-refractivity contribution >= 4 is 194 Å². The highest BCUT2D eigenvalue weighted by molar-refractivity contribution is 6.54. The summed E-state index contributed by atoms with van der Waals surface area (Å²) in [7, 11) is 0. The summed E-state index contributed by atoms with van der Waals surface area (Å²) in [5.74, 6) is 0. The quantitative estimate of drug-likeness (QED) is 0.122. The molecule has 0 bridgehead atoms. The summed E-state index contributed by atoms with van der Waals surface area (Å²) in [6, 6.07) is 124. The van der Waals surface area contributed by atoms with Crippen LogP contribution < -0.4 is 0 Å². The van der Waals surface area contributed by atoms with Crippen LogP contribution in [-0.2, 0) is 0 Å². The van der Waals surface area contributed by atoms with E-state index in [0.717, 1.165) is 0 Å². The van der Waals surface area contributed by atoms with E-state index < -0.39 is 0 Å². The molecule has 0 amide bonds. The van der Waals surface area contributed by atoms with Gasteiger partial charge in [0.2, 0.25) is 0 Å². The molecule has 0 heterocycles. The zero-order valence-electron chi connectivity index (χ0n) is 56.2. The fourth-order valence-electron chi connectivity index (χ4n) is 21.3. The average Bonchev–Trinajstić information content (AvgIpc) is 1.52. The molecule has 0 fully saturated rings. The summed E-state index contributed by atoms with van der Waals surface area (Å²) in [4.78, 5) is 0. The van der Waals surface area contributed by atoms with E-state index in [1.54, 1.807) is 0 Å². The van der Waals surface area contributed by atoms with E-state index in [9.17, 15) is 0 Å². The van der Waals surface area contributed by atoms with E-state index in [2.05, 4.69) is 328 Å². The molecule has 0 saturated heterocycles. The summed E-state index contributed by atoms with van der Waals surface area (Å²) >= 11 is 0. The van der Waals surface area contributed by atoms with E-state index in [-0.39, 0.29) is 7.43 Å². The Bertz CT molecular complexity index is 8070. The normalized spacial score (nSPS) is 12.7. The third kappa shape index (κ3) is 6.81. The third-order valence-corrected chi connectivity index (χ3v) is 25.1. The molecule has 0 atom stereocenters. The van der Waals surface area contributed by atoms with Gasteiger partial charge in [0.25, 0.3) is 0 Å². The Morgan fingerprint density at radius 2 is 0.371 bits per heavy atom. The second-order valence-electron chi connectivity index (χ2n) is 29.6. The molecule has 0 nitrogen and oxygen atoms in total. The highest BCUT2D eigenvalue weighted by Gasteiger charge is 2.32. The van der Waals surface area contributed by atoms with Crippen LogP contribution in [-0.4, -0.2) is 0 Å². The zero-order chi connectivity index (χ0) is 67.1. The molecule has 25 aromatic rings. The van der Waals surface area contributed by atoms with E-state index in [4.69, 9.17) is 0 Å². The van der Waals surface area contributed by atoms with Crippen molar-refractivity contribution in [3.05, 3.63) is 328 Å². The molecule has 0 N–H and O–H groups in total. The lowest BCUT2D eigenvalue weighted by molar-refractivity contribution is 1.69. The first kappa shape index (κ1) is 56.2. The Kier molecular flexibility index (Phi) is 10.7. The second kappa shape index (κ2) is 20.0. The van der Waals surface area contributed by atoms with Crippen molar-refractivity contribution in [3.8, 4) is 77.9 Å². The van der Waals surface area contributed by atoms with Crippen LogP contribution in [0.1, 0.15) is 7.43 Å². The van der Waals surface area contributed by atoms with Gasteiger partial charge in [-0.05, 0) is 284 Å². The predicted molar refractivity (Wildman–Crippen MR) is 456 cm³/mol. The molecule has 0 heteroatoms. The Hall–Kier alpha value is -13.5. The lowest BCUT2D eigenvalue weighted by Crippen LogP contribution is -1.88. The minimum absolute atomic E-state index is 0. The van der Waals surface area contributed by atoms with E-state index in [0.29, 0.717) is 0 Å². The van der Waals surface area contributed by atoms with Crippen LogP contribution in [0.15, 0.2) is 328 Å². The molecule has 27 rings (SSSR count). The van der Waals surface area contributed by atoms with Gasteiger partial charge in [-0.1, -0.05) is 323 Å². The van der Waals surface area contributed by atoms with Crippen LogP contribution in [0.3, 0.4) is 0 Å². The zero-order valence-corrected chi connectivity index (χ0v) is 56.2. The monoisotopic (exact) mass is 1320 g/mol. The second-order valence-corrected chi connectivity index (χ2v) is 29.6. The van der Waals surface area contributed by atoms with Gasteiger partial charge in [0.05, 0.1) is 0 Å². The van der Waals surface area contributed by atoms with Crippen LogP contribution in [0.5, 0.6) is 0 Å². The first-order chi connectivity index (χ1) is 51.7. The van der Waals surface area contributed by atoms with Gasteiger partial charge < -0.3 is 0 Å². The van der Waals surface area contributed by atoms with Crippen molar-refractivity contribution in [2.45, 2.75) is 7.43 Å². The van der Waals surface area contributed by atoms with E-state index in [1.807, 2.05) is 0 Å². The van der Waals surface area contributed by atoms with Crippen LogP contribution in [0.4, 0.5) is 0 Å². The minimum atomic E-state index is 0. The summed E-state index contributed by atoms with van der Waals surface area (Å²) in [6.45, 7) is 0. The highest BCUT2D eigenvalue weighted by Crippen LogP contribution is 2.61. The van der Waals surface area contributed by atoms with Crippen molar-refractivity contribution in [2.75, 3.05) is 0 Å². The molecule has 25 aromatic carbocycles. The van der Waals surface area contributed by atoms with Gasteiger partial charge in [0, 0.05) is 0 Å². The van der Waals surface area contributed by atoms with Crippen molar-refractivity contribution in [1.29, 1.82) is 0 Å². The first-order valence-corrected chi connectivity index (χ1v) is 36.6. The van der Waals surface area contributed by atoms with Gasteiger partial charge in [-0.15, -0.1) is 0 Å². The summed E-state index contributed by atoms with van der Waals surface area (Å²) in [6.07, 6.45) is 0. The largest absolute Gasteiger partial charge is 0.0776 e. The standard InChI is InChI=1S/C52H26.C52H28.CH4/c1-2-10-27(11-3-1)43-42-26-28-12-4-5-13-29(28)44-32-16-8-9-17-33(32)49(52(42)44)51-41-25-23-39-37-21-19-35-31-15-7-6-14-30(31)34-18-20-36(46(37)45(34)35)38-22-24-40(50(43)51)48(41)47(38)39;1-2-12-29(13-3-1)45-44-28-30-14-4-5-15-31(30)48-39-18-8-9-19-40(39)49(52(44)48)51-43-27-25-35(38-22-11-23-42(47(38)43)50(45)51)34-24-26-41-33-17-7-6-16-32(33)36-20-10-21-37(34)46(36)41;/h1-26H;1-28H;1H4. The molecule has 0 radical (unpaired) electrons. The van der Waals surface area contributed by atoms with Gasteiger partial charge in [-0.2, -0.15) is 0 Å². The van der Waals surface area contributed by atoms with Crippen molar-refractivity contribution < 1.29 is 0 Å². The molecule has 2 aliphatic rings. The molecule has 0 aromatic heterocycles. The maximum Gasteiger partial charge on any atom is -0.000696 e. The van der Waals surface area contributed by atoms with E-state index in [1.165, 1.54) is 272 Å². The summed E-state index contributed by atoms with van der Waals surface area (Å²) in [5.41, 5.74) is 18.6. The molecule has 0 saturated carbocycles. The Labute approximate surface area is 602 Å². The maximum atomic E-state index is 2.47. The molecular formula is C105H58. The topological polar surface area (TPSA) is 0 Å². The Balaban J connectivity index is 0.000000121. The maximum absolute atomic E-state index is 2.47. The molecule has 0 unspecified atom stereocenters. The third-order valence-electron chi connectivity index (χ3n) is 25.1. The number of hydrogen-bond acceptors (Lipinski definition) is 0. The molecule has 0 aliphatic heterocycles. The van der Waals surface area contributed by atoms with Gasteiger partial charge in [-0.3, -0.25) is 0 Å².